The zero-order chi connectivity index (χ0) is 14.4. The topological polar surface area (TPSA) is 21.3 Å². The molecule has 1 N–H and O–H groups in total. The maximum Gasteiger partial charge on any atom is 0.119 e. The highest BCUT2D eigenvalue weighted by Crippen LogP contribution is 2.16. The van der Waals surface area contributed by atoms with E-state index in [2.05, 4.69) is 59.4 Å². The molecule has 0 aliphatic rings. The van der Waals surface area contributed by atoms with Crippen molar-refractivity contribution in [2.75, 3.05) is 0 Å². The minimum atomic E-state index is 0.502. The van der Waals surface area contributed by atoms with Crippen LogP contribution in [0.4, 0.5) is 0 Å². The molecule has 0 atom stereocenters. The normalized spacial score (nSPS) is 10.8. The summed E-state index contributed by atoms with van der Waals surface area (Å²) < 4.78 is 6.86. The number of nitrogens with one attached hydrogen (secondary N) is 1. The fourth-order valence-electron chi connectivity index (χ4n) is 1.82. The average Bonchev–Trinajstić information content (AvgIpc) is 2.44. The number of rotatable bonds is 6. The third-order valence-corrected chi connectivity index (χ3v) is 3.43. The van der Waals surface area contributed by atoms with Gasteiger partial charge in [0.1, 0.15) is 12.4 Å². The van der Waals surface area contributed by atoms with Gasteiger partial charge in [-0.1, -0.05) is 54.0 Å². The Labute approximate surface area is 129 Å². The second kappa shape index (κ2) is 7.46. The molecule has 0 aliphatic heterocycles. The molecule has 0 aliphatic carbocycles. The molecule has 2 aromatic carbocycles. The first-order valence-corrected chi connectivity index (χ1v) is 7.62. The van der Waals surface area contributed by atoms with E-state index in [1.54, 1.807) is 0 Å². The number of halogens is 1. The first kappa shape index (κ1) is 15.1. The molecule has 0 unspecified atom stereocenters. The van der Waals surface area contributed by atoms with Crippen LogP contribution < -0.4 is 10.1 Å². The van der Waals surface area contributed by atoms with Gasteiger partial charge in [0.25, 0.3) is 0 Å². The predicted molar refractivity (Wildman–Crippen MR) is 86.9 cm³/mol. The van der Waals surface area contributed by atoms with Crippen LogP contribution in [-0.4, -0.2) is 6.04 Å². The van der Waals surface area contributed by atoms with Crippen LogP contribution in [0.25, 0.3) is 0 Å². The maximum atomic E-state index is 5.79. The summed E-state index contributed by atoms with van der Waals surface area (Å²) in [5, 5.41) is 3.40. The van der Waals surface area contributed by atoms with Gasteiger partial charge in [-0.25, -0.2) is 0 Å². The van der Waals surface area contributed by atoms with E-state index in [0.29, 0.717) is 12.6 Å². The third kappa shape index (κ3) is 4.99. The van der Waals surface area contributed by atoms with Crippen molar-refractivity contribution in [3.05, 3.63) is 64.1 Å². The van der Waals surface area contributed by atoms with Crippen molar-refractivity contribution in [2.24, 2.45) is 0 Å². The largest absolute Gasteiger partial charge is 0.489 e. The Kier molecular flexibility index (Phi) is 5.62. The van der Waals surface area contributed by atoms with E-state index in [1.807, 2.05) is 24.3 Å². The fourth-order valence-corrected chi connectivity index (χ4v) is 2.27. The van der Waals surface area contributed by atoms with E-state index < -0.39 is 0 Å². The lowest BCUT2D eigenvalue weighted by atomic mass is 10.2. The highest BCUT2D eigenvalue weighted by atomic mass is 79.9. The van der Waals surface area contributed by atoms with Gasteiger partial charge in [0.15, 0.2) is 0 Å². The van der Waals surface area contributed by atoms with E-state index in [1.165, 1.54) is 5.56 Å². The first-order valence-electron chi connectivity index (χ1n) is 6.83. The van der Waals surface area contributed by atoms with Crippen molar-refractivity contribution >= 4 is 15.9 Å². The third-order valence-electron chi connectivity index (χ3n) is 2.93. The summed E-state index contributed by atoms with van der Waals surface area (Å²) >= 11 is 3.46. The molecule has 2 rings (SSSR count). The molecule has 3 heteroatoms. The summed E-state index contributed by atoms with van der Waals surface area (Å²) in [6, 6.07) is 16.9. The van der Waals surface area contributed by atoms with Crippen LogP contribution >= 0.6 is 15.9 Å². The molecule has 0 saturated heterocycles. The van der Waals surface area contributed by atoms with E-state index >= 15 is 0 Å². The van der Waals surface area contributed by atoms with Gasteiger partial charge < -0.3 is 10.1 Å². The predicted octanol–water partition coefficient (Wildman–Crippen LogP) is 4.53. The van der Waals surface area contributed by atoms with Gasteiger partial charge in [-0.05, 0) is 35.4 Å². The summed E-state index contributed by atoms with van der Waals surface area (Å²) in [6.45, 7) is 5.78. The summed E-state index contributed by atoms with van der Waals surface area (Å²) in [5.41, 5.74) is 2.43. The molecule has 2 nitrogen and oxygen atoms in total. The van der Waals surface area contributed by atoms with E-state index in [9.17, 15) is 0 Å². The van der Waals surface area contributed by atoms with Gasteiger partial charge in [-0.15, -0.1) is 0 Å². The van der Waals surface area contributed by atoms with Gasteiger partial charge in [-0.2, -0.15) is 0 Å². The number of hydrogen-bond donors (Lipinski definition) is 1. The van der Waals surface area contributed by atoms with Crippen LogP contribution in [0.1, 0.15) is 25.0 Å². The second-order valence-corrected chi connectivity index (χ2v) is 6.01. The standard InChI is InChI=1S/C17H20BrNO/c1-13(2)19-11-14-6-8-17(9-7-14)20-12-15-4-3-5-16(18)10-15/h3-10,13,19H,11-12H2,1-2H3. The van der Waals surface area contributed by atoms with Gasteiger partial charge in [0.2, 0.25) is 0 Å². The molecule has 20 heavy (non-hydrogen) atoms. The van der Waals surface area contributed by atoms with Crippen molar-refractivity contribution in [1.82, 2.24) is 5.32 Å². The number of ether oxygens (including phenoxy) is 1. The van der Waals surface area contributed by atoms with Gasteiger partial charge >= 0.3 is 0 Å². The lowest BCUT2D eigenvalue weighted by Gasteiger charge is -2.10. The Bertz CT molecular complexity index is 537. The average molecular weight is 334 g/mol. The molecule has 0 spiro atoms. The Morgan fingerprint density at radius 3 is 2.45 bits per heavy atom. The molecule has 0 bridgehead atoms. The molecule has 0 heterocycles. The first-order chi connectivity index (χ1) is 9.63. The highest BCUT2D eigenvalue weighted by Gasteiger charge is 1.99. The molecule has 2 aromatic rings. The van der Waals surface area contributed by atoms with Crippen LogP contribution in [0.15, 0.2) is 53.0 Å². The van der Waals surface area contributed by atoms with E-state index in [4.69, 9.17) is 4.74 Å². The zero-order valence-electron chi connectivity index (χ0n) is 11.9. The van der Waals surface area contributed by atoms with Gasteiger partial charge in [-0.3, -0.25) is 0 Å². The quantitative estimate of drug-likeness (QED) is 0.838. The molecular formula is C17H20BrNO. The summed E-state index contributed by atoms with van der Waals surface area (Å²) in [4.78, 5) is 0. The maximum absolute atomic E-state index is 5.79. The molecule has 0 fully saturated rings. The van der Waals surface area contributed by atoms with Gasteiger partial charge in [0, 0.05) is 17.1 Å². The Morgan fingerprint density at radius 2 is 1.80 bits per heavy atom. The van der Waals surface area contributed by atoms with E-state index in [-0.39, 0.29) is 0 Å². The molecule has 0 saturated carbocycles. The minimum absolute atomic E-state index is 0.502. The Hall–Kier alpha value is -1.32. The SMILES string of the molecule is CC(C)NCc1ccc(OCc2cccc(Br)c2)cc1. The lowest BCUT2D eigenvalue weighted by molar-refractivity contribution is 0.306. The molecule has 106 valence electrons. The molecule has 0 radical (unpaired) electrons. The van der Waals surface area contributed by atoms with Crippen molar-refractivity contribution in [1.29, 1.82) is 0 Å². The second-order valence-electron chi connectivity index (χ2n) is 5.10. The van der Waals surface area contributed by atoms with Crippen LogP contribution in [0, 0.1) is 0 Å². The van der Waals surface area contributed by atoms with Crippen molar-refractivity contribution in [3.8, 4) is 5.75 Å². The zero-order valence-corrected chi connectivity index (χ0v) is 13.5. The van der Waals surface area contributed by atoms with Crippen LogP contribution in [0.2, 0.25) is 0 Å². The van der Waals surface area contributed by atoms with Crippen molar-refractivity contribution in [3.63, 3.8) is 0 Å². The smallest absolute Gasteiger partial charge is 0.119 e. The summed E-state index contributed by atoms with van der Waals surface area (Å²) in [5.74, 6) is 0.901. The van der Waals surface area contributed by atoms with Crippen LogP contribution in [0.3, 0.4) is 0 Å². The van der Waals surface area contributed by atoms with E-state index in [0.717, 1.165) is 22.3 Å². The van der Waals surface area contributed by atoms with Crippen molar-refractivity contribution < 1.29 is 4.74 Å². The summed E-state index contributed by atoms with van der Waals surface area (Å²) in [6.07, 6.45) is 0. The van der Waals surface area contributed by atoms with Gasteiger partial charge in [0.05, 0.1) is 0 Å². The minimum Gasteiger partial charge on any atom is -0.489 e. The lowest BCUT2D eigenvalue weighted by Crippen LogP contribution is -2.21. The van der Waals surface area contributed by atoms with Crippen LogP contribution in [0.5, 0.6) is 5.75 Å². The number of hydrogen-bond acceptors (Lipinski definition) is 2. The van der Waals surface area contributed by atoms with Crippen LogP contribution in [-0.2, 0) is 13.2 Å². The molecule has 0 amide bonds. The Balaban J connectivity index is 1.87. The molecule has 0 aromatic heterocycles. The fraction of sp³-hybridized carbons (Fsp3) is 0.294. The van der Waals surface area contributed by atoms with Crippen molar-refractivity contribution in [2.45, 2.75) is 33.0 Å². The number of benzene rings is 2. The molecular weight excluding hydrogens is 314 g/mol. The monoisotopic (exact) mass is 333 g/mol. The Morgan fingerprint density at radius 1 is 1.05 bits per heavy atom. The highest BCUT2D eigenvalue weighted by molar-refractivity contribution is 9.10. The summed E-state index contributed by atoms with van der Waals surface area (Å²) in [7, 11) is 0.